The molecule has 1 saturated heterocycles. The van der Waals surface area contributed by atoms with Crippen LogP contribution < -0.4 is 0 Å². The first-order valence-corrected chi connectivity index (χ1v) is 7.43. The van der Waals surface area contributed by atoms with Crippen molar-refractivity contribution in [3.8, 4) is 0 Å². The first-order chi connectivity index (χ1) is 8.91. The average molecular weight is 414 g/mol. The first-order valence-electron chi connectivity index (χ1n) is 5.60. The molecule has 1 amide bonds. The van der Waals surface area contributed by atoms with Crippen molar-refractivity contribution in [2.24, 2.45) is 0 Å². The van der Waals surface area contributed by atoms with Crippen LogP contribution in [-0.2, 0) is 4.79 Å². The molecule has 2 rings (SSSR count). The van der Waals surface area contributed by atoms with Gasteiger partial charge >= 0.3 is 5.97 Å². The van der Waals surface area contributed by atoms with Crippen LogP contribution in [0.5, 0.6) is 0 Å². The van der Waals surface area contributed by atoms with Crippen molar-refractivity contribution in [1.29, 1.82) is 0 Å². The Morgan fingerprint density at radius 1 is 1.37 bits per heavy atom. The zero-order valence-corrected chi connectivity index (χ0v) is 13.4. The molecular formula is C12H10Cl2INO3. The van der Waals surface area contributed by atoms with Crippen LogP contribution in [0.25, 0.3) is 0 Å². The third-order valence-corrected chi connectivity index (χ3v) is 5.02. The van der Waals surface area contributed by atoms with Gasteiger partial charge in [-0.25, -0.2) is 4.79 Å². The van der Waals surface area contributed by atoms with E-state index in [0.717, 1.165) is 0 Å². The van der Waals surface area contributed by atoms with Gasteiger partial charge in [-0.15, -0.1) is 0 Å². The van der Waals surface area contributed by atoms with Crippen LogP contribution in [0, 0.1) is 3.57 Å². The van der Waals surface area contributed by atoms with Crippen molar-refractivity contribution >= 4 is 57.7 Å². The smallest absolute Gasteiger partial charge is 0.326 e. The SMILES string of the molecule is O=C(O)C1CCCN1C(=O)c1cc(Cl)cc(Cl)c1I. The van der Waals surface area contributed by atoms with Crippen molar-refractivity contribution in [2.45, 2.75) is 18.9 Å². The van der Waals surface area contributed by atoms with Gasteiger partial charge in [-0.05, 0) is 47.6 Å². The Balaban J connectivity index is 2.37. The minimum absolute atomic E-state index is 0.335. The van der Waals surface area contributed by atoms with Crippen molar-refractivity contribution in [1.82, 2.24) is 4.90 Å². The van der Waals surface area contributed by atoms with Gasteiger partial charge in [0.15, 0.2) is 0 Å². The third kappa shape index (κ3) is 2.98. The number of benzene rings is 1. The quantitative estimate of drug-likeness (QED) is 0.597. The molecule has 1 fully saturated rings. The number of hydrogen-bond acceptors (Lipinski definition) is 2. The molecule has 0 saturated carbocycles. The lowest BCUT2D eigenvalue weighted by atomic mass is 10.1. The summed E-state index contributed by atoms with van der Waals surface area (Å²) in [7, 11) is 0. The molecule has 1 aromatic carbocycles. The zero-order valence-electron chi connectivity index (χ0n) is 9.70. The lowest BCUT2D eigenvalue weighted by molar-refractivity contribution is -0.141. The van der Waals surface area contributed by atoms with Gasteiger partial charge in [0, 0.05) is 15.1 Å². The van der Waals surface area contributed by atoms with Gasteiger partial charge in [0.2, 0.25) is 0 Å². The highest BCUT2D eigenvalue weighted by molar-refractivity contribution is 14.1. The number of rotatable bonds is 2. The summed E-state index contributed by atoms with van der Waals surface area (Å²) in [4.78, 5) is 24.9. The van der Waals surface area contributed by atoms with Crippen molar-refractivity contribution < 1.29 is 14.7 Å². The Morgan fingerprint density at radius 3 is 2.68 bits per heavy atom. The fraction of sp³-hybridized carbons (Fsp3) is 0.333. The topological polar surface area (TPSA) is 57.6 Å². The van der Waals surface area contributed by atoms with Crippen LogP contribution in [0.3, 0.4) is 0 Å². The van der Waals surface area contributed by atoms with Crippen molar-refractivity contribution in [3.05, 3.63) is 31.3 Å². The zero-order chi connectivity index (χ0) is 14.2. The molecule has 102 valence electrons. The van der Waals surface area contributed by atoms with Crippen LogP contribution in [-0.4, -0.2) is 34.5 Å². The van der Waals surface area contributed by atoms with Crippen LogP contribution in [0.15, 0.2) is 12.1 Å². The summed E-state index contributed by atoms with van der Waals surface area (Å²) in [6.45, 7) is 0.440. The molecule has 1 N–H and O–H groups in total. The second kappa shape index (κ2) is 5.85. The maximum Gasteiger partial charge on any atom is 0.326 e. The van der Waals surface area contributed by atoms with E-state index in [1.807, 2.05) is 22.6 Å². The standard InChI is InChI=1S/C12H10Cl2INO3/c13-6-4-7(10(15)8(14)5-6)11(17)16-3-1-2-9(16)12(18)19/h4-5,9H,1-3H2,(H,18,19). The van der Waals surface area contributed by atoms with E-state index in [2.05, 4.69) is 0 Å². The molecule has 7 heteroatoms. The molecule has 4 nitrogen and oxygen atoms in total. The van der Waals surface area contributed by atoms with Gasteiger partial charge in [-0.3, -0.25) is 4.79 Å². The fourth-order valence-electron chi connectivity index (χ4n) is 2.13. The highest BCUT2D eigenvalue weighted by atomic mass is 127. The summed E-state index contributed by atoms with van der Waals surface area (Å²) in [5, 5.41) is 9.86. The number of carboxylic acids is 1. The fourth-order valence-corrected chi connectivity index (χ4v) is 3.17. The molecule has 19 heavy (non-hydrogen) atoms. The van der Waals surface area contributed by atoms with Crippen LogP contribution in [0.1, 0.15) is 23.2 Å². The third-order valence-electron chi connectivity index (χ3n) is 3.02. The second-order valence-electron chi connectivity index (χ2n) is 4.24. The molecule has 1 aliphatic heterocycles. The van der Waals surface area contributed by atoms with Gasteiger partial charge < -0.3 is 10.0 Å². The monoisotopic (exact) mass is 413 g/mol. The van der Waals surface area contributed by atoms with Crippen LogP contribution >= 0.6 is 45.8 Å². The van der Waals surface area contributed by atoms with E-state index in [1.54, 1.807) is 6.07 Å². The van der Waals surface area contributed by atoms with Gasteiger partial charge in [0.1, 0.15) is 6.04 Å². The molecule has 1 heterocycles. The van der Waals surface area contributed by atoms with E-state index < -0.39 is 12.0 Å². The summed E-state index contributed by atoms with van der Waals surface area (Å²) in [6, 6.07) is 2.32. The van der Waals surface area contributed by atoms with Gasteiger partial charge in [-0.2, -0.15) is 0 Å². The Kier molecular flexibility index (Phi) is 4.58. The highest BCUT2D eigenvalue weighted by Crippen LogP contribution is 2.29. The van der Waals surface area contributed by atoms with Gasteiger partial charge in [0.05, 0.1) is 10.6 Å². The number of hydrogen-bond donors (Lipinski definition) is 1. The molecular weight excluding hydrogens is 404 g/mol. The van der Waals surface area contributed by atoms with E-state index in [9.17, 15) is 9.59 Å². The Hall–Kier alpha value is -0.530. The largest absolute Gasteiger partial charge is 0.480 e. The lowest BCUT2D eigenvalue weighted by Gasteiger charge is -2.22. The normalized spacial score (nSPS) is 18.7. The molecule has 0 spiro atoms. The predicted octanol–water partition coefficient (Wildman–Crippen LogP) is 3.29. The molecule has 0 radical (unpaired) electrons. The Labute approximate surface area is 133 Å². The van der Waals surface area contributed by atoms with Crippen LogP contribution in [0.2, 0.25) is 10.0 Å². The first kappa shape index (κ1) is 14.9. The molecule has 0 aromatic heterocycles. The summed E-state index contributed by atoms with van der Waals surface area (Å²) < 4.78 is 0.588. The number of aliphatic carboxylic acids is 1. The number of amides is 1. The van der Waals surface area contributed by atoms with E-state index in [0.29, 0.717) is 38.6 Å². The molecule has 0 aliphatic carbocycles. The van der Waals surface area contributed by atoms with E-state index in [4.69, 9.17) is 28.3 Å². The summed E-state index contributed by atoms with van der Waals surface area (Å²) >= 11 is 13.8. The summed E-state index contributed by atoms with van der Waals surface area (Å²) in [5.74, 6) is -1.31. The molecule has 0 bridgehead atoms. The number of carbonyl (C=O) groups is 2. The minimum atomic E-state index is -0.978. The number of likely N-dealkylation sites (tertiary alicyclic amines) is 1. The van der Waals surface area contributed by atoms with E-state index in [1.165, 1.54) is 11.0 Å². The van der Waals surface area contributed by atoms with Gasteiger partial charge in [0.25, 0.3) is 5.91 Å². The molecule has 1 aromatic rings. The second-order valence-corrected chi connectivity index (χ2v) is 6.17. The predicted molar refractivity (Wildman–Crippen MR) is 80.9 cm³/mol. The lowest BCUT2D eigenvalue weighted by Crippen LogP contribution is -2.40. The van der Waals surface area contributed by atoms with Gasteiger partial charge in [-0.1, -0.05) is 23.2 Å². The number of carbonyl (C=O) groups excluding carboxylic acids is 1. The Morgan fingerprint density at radius 2 is 2.05 bits per heavy atom. The number of nitrogens with zero attached hydrogens (tertiary/aromatic N) is 1. The molecule has 1 atom stereocenters. The summed E-state index contributed by atoms with van der Waals surface area (Å²) in [5.41, 5.74) is 0.353. The van der Waals surface area contributed by atoms with E-state index in [-0.39, 0.29) is 5.91 Å². The molecule has 1 aliphatic rings. The number of carboxylic acid groups (broad SMARTS) is 1. The highest BCUT2D eigenvalue weighted by Gasteiger charge is 2.35. The number of halogens is 3. The minimum Gasteiger partial charge on any atom is -0.480 e. The van der Waals surface area contributed by atoms with Crippen molar-refractivity contribution in [2.75, 3.05) is 6.54 Å². The van der Waals surface area contributed by atoms with E-state index >= 15 is 0 Å². The molecule has 1 unspecified atom stereocenters. The van der Waals surface area contributed by atoms with Crippen molar-refractivity contribution in [3.63, 3.8) is 0 Å². The summed E-state index contributed by atoms with van der Waals surface area (Å²) in [6.07, 6.45) is 1.17. The average Bonchev–Trinajstić information content (AvgIpc) is 2.82. The maximum absolute atomic E-state index is 12.4. The Bertz CT molecular complexity index is 550. The van der Waals surface area contributed by atoms with Crippen LogP contribution in [0.4, 0.5) is 0 Å². The maximum atomic E-state index is 12.4.